The van der Waals surface area contributed by atoms with E-state index < -0.39 is 0 Å². The summed E-state index contributed by atoms with van der Waals surface area (Å²) in [4.78, 5) is 25.3. The fourth-order valence-corrected chi connectivity index (χ4v) is 4.49. The number of piperazine rings is 1. The van der Waals surface area contributed by atoms with Crippen LogP contribution in [0.1, 0.15) is 5.56 Å². The minimum absolute atomic E-state index is 0.0391. The van der Waals surface area contributed by atoms with Gasteiger partial charge in [0.25, 0.3) is 5.91 Å². The molecule has 1 fully saturated rings. The Balaban J connectivity index is 1.37. The van der Waals surface area contributed by atoms with Gasteiger partial charge in [0.1, 0.15) is 17.9 Å². The Morgan fingerprint density at radius 3 is 2.72 bits per heavy atom. The van der Waals surface area contributed by atoms with Gasteiger partial charge in [-0.25, -0.2) is 9.97 Å². The van der Waals surface area contributed by atoms with Crippen LogP contribution in [0.4, 0.5) is 5.82 Å². The van der Waals surface area contributed by atoms with Gasteiger partial charge in [-0.2, -0.15) is 5.10 Å². The van der Waals surface area contributed by atoms with Crippen molar-refractivity contribution < 1.29 is 9.53 Å². The highest BCUT2D eigenvalue weighted by molar-refractivity contribution is 9.10. The number of hydrogen-bond donors (Lipinski definition) is 0. The Kier molecular flexibility index (Phi) is 5.60. The molecule has 1 amide bonds. The van der Waals surface area contributed by atoms with Crippen molar-refractivity contribution >= 4 is 50.3 Å². The standard InChI is InChI=1S/C19H20BrClN6O2/c1-12-7-13(20)8-15(21)17(12)29-10-16(28)26-3-5-27(6-4-26)19-14-9-24-25(2)18(14)22-11-23-19/h7-9,11H,3-6,10H2,1-2H3. The molecule has 1 aromatic carbocycles. The van der Waals surface area contributed by atoms with Gasteiger partial charge in [-0.15, -0.1) is 0 Å². The maximum atomic E-state index is 12.6. The molecule has 0 saturated carbocycles. The number of carbonyl (C=O) groups excluding carboxylic acids is 1. The Labute approximate surface area is 181 Å². The summed E-state index contributed by atoms with van der Waals surface area (Å²) in [6, 6.07) is 3.67. The molecule has 1 aliphatic heterocycles. The Morgan fingerprint density at radius 1 is 1.24 bits per heavy atom. The number of halogens is 2. The molecule has 0 radical (unpaired) electrons. The Bertz CT molecular complexity index is 1040. The number of benzene rings is 1. The van der Waals surface area contributed by atoms with E-state index in [1.165, 1.54) is 0 Å². The lowest BCUT2D eigenvalue weighted by atomic mass is 10.2. The summed E-state index contributed by atoms with van der Waals surface area (Å²) < 4.78 is 8.33. The molecule has 0 unspecified atom stereocenters. The molecule has 10 heteroatoms. The SMILES string of the molecule is Cc1cc(Br)cc(Cl)c1OCC(=O)N1CCN(c2ncnc3c2cnn3C)CC1. The Hall–Kier alpha value is -2.39. The topological polar surface area (TPSA) is 76.4 Å². The zero-order chi connectivity index (χ0) is 20.5. The maximum absolute atomic E-state index is 12.6. The van der Waals surface area contributed by atoms with E-state index in [-0.39, 0.29) is 12.5 Å². The molecule has 8 nitrogen and oxygen atoms in total. The Morgan fingerprint density at radius 2 is 2.00 bits per heavy atom. The first kappa shape index (κ1) is 19.9. The summed E-state index contributed by atoms with van der Waals surface area (Å²) in [7, 11) is 1.86. The summed E-state index contributed by atoms with van der Waals surface area (Å²) in [6.45, 7) is 4.43. The highest BCUT2D eigenvalue weighted by Crippen LogP contribution is 2.32. The molecule has 1 saturated heterocycles. The molecule has 29 heavy (non-hydrogen) atoms. The lowest BCUT2D eigenvalue weighted by Crippen LogP contribution is -2.50. The van der Waals surface area contributed by atoms with Crippen LogP contribution in [0.2, 0.25) is 5.02 Å². The summed E-state index contributed by atoms with van der Waals surface area (Å²) in [5.41, 5.74) is 1.68. The average Bonchev–Trinajstić information content (AvgIpc) is 3.08. The molecule has 0 atom stereocenters. The fraction of sp³-hybridized carbons (Fsp3) is 0.368. The third-order valence-electron chi connectivity index (χ3n) is 4.97. The van der Waals surface area contributed by atoms with Gasteiger partial charge in [0.15, 0.2) is 12.3 Å². The van der Waals surface area contributed by atoms with Crippen molar-refractivity contribution in [1.82, 2.24) is 24.6 Å². The van der Waals surface area contributed by atoms with E-state index in [4.69, 9.17) is 16.3 Å². The van der Waals surface area contributed by atoms with Crippen LogP contribution in [0, 0.1) is 6.92 Å². The van der Waals surface area contributed by atoms with E-state index in [9.17, 15) is 4.79 Å². The van der Waals surface area contributed by atoms with Gasteiger partial charge in [0.05, 0.1) is 16.6 Å². The molecule has 3 aromatic rings. The first-order valence-electron chi connectivity index (χ1n) is 9.18. The summed E-state index contributed by atoms with van der Waals surface area (Å²) >= 11 is 9.63. The van der Waals surface area contributed by atoms with Crippen molar-refractivity contribution in [2.24, 2.45) is 7.05 Å². The average molecular weight is 480 g/mol. The van der Waals surface area contributed by atoms with Crippen LogP contribution in [0.25, 0.3) is 11.0 Å². The van der Waals surface area contributed by atoms with Crippen LogP contribution in [-0.4, -0.2) is 63.3 Å². The maximum Gasteiger partial charge on any atom is 0.260 e. The number of amides is 1. The van der Waals surface area contributed by atoms with Gasteiger partial charge in [0, 0.05) is 37.7 Å². The number of ether oxygens (including phenoxy) is 1. The number of carbonyl (C=O) groups is 1. The lowest BCUT2D eigenvalue weighted by Gasteiger charge is -2.35. The second-order valence-electron chi connectivity index (χ2n) is 6.89. The normalized spacial score (nSPS) is 14.5. The summed E-state index contributed by atoms with van der Waals surface area (Å²) in [5, 5.41) is 5.66. The summed E-state index contributed by atoms with van der Waals surface area (Å²) in [5.74, 6) is 1.34. The molecule has 4 rings (SSSR count). The minimum atomic E-state index is -0.0581. The fourth-order valence-electron chi connectivity index (χ4n) is 3.47. The zero-order valence-corrected chi connectivity index (χ0v) is 18.4. The van der Waals surface area contributed by atoms with E-state index in [2.05, 4.69) is 35.9 Å². The van der Waals surface area contributed by atoms with Crippen molar-refractivity contribution in [3.05, 3.63) is 39.7 Å². The van der Waals surface area contributed by atoms with Gasteiger partial charge < -0.3 is 14.5 Å². The third kappa shape index (κ3) is 4.02. The molecular formula is C19H20BrClN6O2. The van der Waals surface area contributed by atoms with Crippen molar-refractivity contribution in [2.45, 2.75) is 6.92 Å². The van der Waals surface area contributed by atoms with Crippen LogP contribution < -0.4 is 9.64 Å². The molecule has 0 aliphatic carbocycles. The molecule has 2 aromatic heterocycles. The first-order chi connectivity index (χ1) is 13.9. The van der Waals surface area contributed by atoms with Gasteiger partial charge in [0.2, 0.25) is 0 Å². The van der Waals surface area contributed by atoms with Crippen molar-refractivity contribution in [3.63, 3.8) is 0 Å². The molecular weight excluding hydrogens is 460 g/mol. The highest BCUT2D eigenvalue weighted by Gasteiger charge is 2.24. The van der Waals surface area contributed by atoms with Crippen molar-refractivity contribution in [2.75, 3.05) is 37.7 Å². The van der Waals surface area contributed by atoms with E-state index in [0.717, 1.165) is 26.9 Å². The first-order valence-corrected chi connectivity index (χ1v) is 10.3. The van der Waals surface area contributed by atoms with Crippen LogP contribution in [0.15, 0.2) is 29.1 Å². The van der Waals surface area contributed by atoms with Crippen LogP contribution in [0.3, 0.4) is 0 Å². The predicted octanol–water partition coefficient (Wildman–Crippen LogP) is 2.82. The third-order valence-corrected chi connectivity index (χ3v) is 5.71. The number of fused-ring (bicyclic) bond motifs is 1. The van der Waals surface area contributed by atoms with E-state index in [1.54, 1.807) is 28.2 Å². The number of anilines is 1. The molecule has 0 bridgehead atoms. The molecule has 1 aliphatic rings. The molecule has 3 heterocycles. The number of aromatic nitrogens is 4. The smallest absolute Gasteiger partial charge is 0.260 e. The number of hydrogen-bond acceptors (Lipinski definition) is 6. The van der Waals surface area contributed by atoms with E-state index >= 15 is 0 Å². The minimum Gasteiger partial charge on any atom is -0.482 e. The van der Waals surface area contributed by atoms with Gasteiger partial charge in [-0.3, -0.25) is 9.48 Å². The van der Waals surface area contributed by atoms with Crippen LogP contribution >= 0.6 is 27.5 Å². The van der Waals surface area contributed by atoms with Crippen LogP contribution in [-0.2, 0) is 11.8 Å². The largest absolute Gasteiger partial charge is 0.482 e. The molecule has 0 N–H and O–H groups in total. The molecule has 152 valence electrons. The summed E-state index contributed by atoms with van der Waals surface area (Å²) in [6.07, 6.45) is 3.33. The van der Waals surface area contributed by atoms with Crippen molar-refractivity contribution in [3.8, 4) is 5.75 Å². The number of rotatable bonds is 4. The number of aryl methyl sites for hydroxylation is 2. The van der Waals surface area contributed by atoms with Crippen molar-refractivity contribution in [1.29, 1.82) is 0 Å². The molecule has 0 spiro atoms. The van der Waals surface area contributed by atoms with Crippen LogP contribution in [0.5, 0.6) is 5.75 Å². The second-order valence-corrected chi connectivity index (χ2v) is 8.22. The second kappa shape index (κ2) is 8.16. The van der Waals surface area contributed by atoms with E-state index in [0.29, 0.717) is 37.0 Å². The van der Waals surface area contributed by atoms with E-state index in [1.807, 2.05) is 20.0 Å². The quantitative estimate of drug-likeness (QED) is 0.573. The van der Waals surface area contributed by atoms with Gasteiger partial charge in [-0.1, -0.05) is 27.5 Å². The van der Waals surface area contributed by atoms with Gasteiger partial charge in [-0.05, 0) is 24.6 Å². The van der Waals surface area contributed by atoms with Gasteiger partial charge >= 0.3 is 0 Å². The lowest BCUT2D eigenvalue weighted by molar-refractivity contribution is -0.133. The highest BCUT2D eigenvalue weighted by atomic mass is 79.9. The zero-order valence-electron chi connectivity index (χ0n) is 16.1. The monoisotopic (exact) mass is 478 g/mol. The number of nitrogens with zero attached hydrogens (tertiary/aromatic N) is 6. The predicted molar refractivity (Wildman–Crippen MR) is 114 cm³/mol.